The summed E-state index contributed by atoms with van der Waals surface area (Å²) in [7, 11) is -6.55. The molecule has 0 unspecified atom stereocenters. The molecule has 4 aromatic heterocycles. The first kappa shape index (κ1) is 64.0. The summed E-state index contributed by atoms with van der Waals surface area (Å²) in [5.74, 6) is -10.0. The van der Waals surface area contributed by atoms with E-state index in [1.807, 2.05) is 0 Å². The van der Waals surface area contributed by atoms with Gasteiger partial charge in [-0.05, 0) is 103 Å². The lowest BCUT2D eigenvalue weighted by molar-refractivity contribution is 0.0955. The summed E-state index contributed by atoms with van der Waals surface area (Å²) in [5, 5.41) is 1.35. The van der Waals surface area contributed by atoms with E-state index in [-0.39, 0.29) is 87.9 Å². The number of rotatable bonds is 16. The quantitative estimate of drug-likeness (QED) is 0.0668. The first-order chi connectivity index (χ1) is 41.3. The molecular formula is C62H43Cl6F4N5O8S2. The minimum atomic E-state index is -3.96. The van der Waals surface area contributed by atoms with Crippen molar-refractivity contribution in [2.75, 3.05) is 22.9 Å². The van der Waals surface area contributed by atoms with Crippen LogP contribution in [0.25, 0.3) is 44.3 Å². The zero-order valence-corrected chi connectivity index (χ0v) is 51.7. The van der Waals surface area contributed by atoms with E-state index in [4.69, 9.17) is 69.6 Å². The number of anilines is 1. The van der Waals surface area contributed by atoms with Crippen LogP contribution < -0.4 is 4.31 Å². The van der Waals surface area contributed by atoms with Crippen molar-refractivity contribution in [3.63, 3.8) is 0 Å². The van der Waals surface area contributed by atoms with Crippen molar-refractivity contribution in [2.24, 2.45) is 0 Å². The van der Waals surface area contributed by atoms with Crippen molar-refractivity contribution >= 4 is 141 Å². The first-order valence-electron chi connectivity index (χ1n) is 26.0. The molecule has 25 heteroatoms. The van der Waals surface area contributed by atoms with Gasteiger partial charge >= 0.3 is 0 Å². The number of hydrogen-bond acceptors (Lipinski definition) is 10. The van der Waals surface area contributed by atoms with Crippen molar-refractivity contribution in [3.05, 3.63) is 238 Å². The van der Waals surface area contributed by atoms with Gasteiger partial charge in [0.05, 0.1) is 76.4 Å². The third kappa shape index (κ3) is 13.1. The van der Waals surface area contributed by atoms with Gasteiger partial charge in [0.25, 0.3) is 11.8 Å². The van der Waals surface area contributed by atoms with Gasteiger partial charge in [0.1, 0.15) is 28.7 Å². The topological polar surface area (TPSA) is 175 Å². The molecule has 10 rings (SSSR count). The molecule has 0 aliphatic heterocycles. The van der Waals surface area contributed by atoms with Crippen LogP contribution in [0.5, 0.6) is 0 Å². The smallest absolute Gasteiger partial charge is 0.266 e. The van der Waals surface area contributed by atoms with Crippen LogP contribution in [0.2, 0.25) is 30.1 Å². The number of sulfonamides is 1. The molecule has 0 aliphatic carbocycles. The van der Waals surface area contributed by atoms with E-state index in [9.17, 15) is 36.0 Å². The highest BCUT2D eigenvalue weighted by atomic mass is 35.5. The Bertz CT molecular complexity index is 4640. The lowest BCUT2D eigenvalue weighted by Gasteiger charge is -2.20. The Balaban J connectivity index is 0.000000208. The van der Waals surface area contributed by atoms with Crippen LogP contribution in [0, 0.1) is 23.3 Å². The van der Waals surface area contributed by atoms with Crippen LogP contribution in [-0.2, 0) is 25.6 Å². The zero-order chi connectivity index (χ0) is 63.0. The first-order valence-corrected chi connectivity index (χ1v) is 31.7. The Labute approximate surface area is 525 Å². The Morgan fingerprint density at radius 2 is 0.908 bits per heavy atom. The fourth-order valence-corrected chi connectivity index (χ4v) is 13.5. The Morgan fingerprint density at radius 1 is 0.506 bits per heavy atom. The number of fused-ring (bicyclic) bond motifs is 2. The van der Waals surface area contributed by atoms with E-state index in [1.165, 1.54) is 36.7 Å². The molecule has 0 saturated carbocycles. The second kappa shape index (κ2) is 26.1. The molecule has 0 saturated heterocycles. The third-order valence-electron chi connectivity index (χ3n) is 13.7. The number of pyridine rings is 2. The van der Waals surface area contributed by atoms with Crippen molar-refractivity contribution in [1.29, 1.82) is 0 Å². The predicted molar refractivity (Wildman–Crippen MR) is 333 cm³/mol. The Hall–Kier alpha value is -7.46. The van der Waals surface area contributed by atoms with Gasteiger partial charge in [-0.25, -0.2) is 44.4 Å². The average Bonchev–Trinajstić information content (AvgIpc) is 1.74. The second-order valence-electron chi connectivity index (χ2n) is 19.5. The van der Waals surface area contributed by atoms with Gasteiger partial charge in [0.2, 0.25) is 21.6 Å². The molecule has 6 aromatic carbocycles. The highest BCUT2D eigenvalue weighted by Crippen LogP contribution is 2.37. The Kier molecular flexibility index (Phi) is 19.2. The highest BCUT2D eigenvalue weighted by Gasteiger charge is 2.33. The van der Waals surface area contributed by atoms with Gasteiger partial charge in [-0.3, -0.25) is 32.6 Å². The van der Waals surface area contributed by atoms with Crippen molar-refractivity contribution in [2.45, 2.75) is 32.4 Å². The van der Waals surface area contributed by atoms with Gasteiger partial charge in [-0.15, -0.1) is 0 Å². The maximum atomic E-state index is 15.9. The molecule has 0 amide bonds. The molecule has 4 heterocycles. The standard InChI is InChI=1S/C31H22Cl3F2N3O4S.C31H21Cl3F2N2O4S/c1-3-13-44(42,43)38(2)25-12-11-24(35)27(28(25)36)29(40)21-16-39(31(41)26-22(33)5-4-6-23(26)34)30-20(21)14-18(15-37-30)17-7-9-19(32)10-8-17;1-2-12-43(41,42)16-18-8-11-25(35)27(28(18)36)29(39)22-15-38(31(40)26-23(33)4-3-5-24(26)34)30-21(22)13-19(14-37-30)17-6-9-20(32)10-7-17/h4-12,14-16H,3,13H2,1-2H3;3-11,13-15H,2,12,16H2,1H3. The van der Waals surface area contributed by atoms with Crippen LogP contribution in [0.3, 0.4) is 0 Å². The number of carbonyl (C=O) groups excluding carboxylic acids is 4. The predicted octanol–water partition coefficient (Wildman–Crippen LogP) is 16.2. The van der Waals surface area contributed by atoms with Crippen molar-refractivity contribution in [3.8, 4) is 22.3 Å². The summed E-state index contributed by atoms with van der Waals surface area (Å²) >= 11 is 37.2. The number of hydrogen-bond donors (Lipinski definition) is 0. The second-order valence-corrected chi connectivity index (χ2v) is 26.3. The van der Waals surface area contributed by atoms with Crippen LogP contribution in [0.4, 0.5) is 23.2 Å². The number of sulfone groups is 1. The van der Waals surface area contributed by atoms with Crippen LogP contribution in [0.15, 0.2) is 146 Å². The number of benzene rings is 6. The van der Waals surface area contributed by atoms with Crippen LogP contribution >= 0.6 is 69.6 Å². The van der Waals surface area contributed by atoms with Gasteiger partial charge in [-0.1, -0.05) is 126 Å². The lowest BCUT2D eigenvalue weighted by Crippen LogP contribution is -2.30. The fraction of sp³-hybridized carbons (Fsp3) is 0.129. The van der Waals surface area contributed by atoms with E-state index < -0.39 is 89.1 Å². The van der Waals surface area contributed by atoms with E-state index in [1.54, 1.807) is 86.6 Å². The molecule has 0 atom stereocenters. The van der Waals surface area contributed by atoms with Gasteiger partial charge in [-0.2, -0.15) is 0 Å². The number of aromatic nitrogens is 4. The highest BCUT2D eigenvalue weighted by molar-refractivity contribution is 7.92. The molecule has 87 heavy (non-hydrogen) atoms. The maximum Gasteiger partial charge on any atom is 0.266 e. The normalized spacial score (nSPS) is 11.6. The molecule has 10 aromatic rings. The van der Waals surface area contributed by atoms with Crippen molar-refractivity contribution < 1.29 is 53.6 Å². The zero-order valence-electron chi connectivity index (χ0n) is 45.5. The number of nitrogens with zero attached hydrogens (tertiary/aromatic N) is 5. The largest absolute Gasteiger partial charge is 0.288 e. The van der Waals surface area contributed by atoms with Crippen LogP contribution in [-0.4, -0.2) is 77.9 Å². The molecule has 0 aliphatic rings. The minimum absolute atomic E-state index is 0.00421. The summed E-state index contributed by atoms with van der Waals surface area (Å²) in [6, 6.07) is 29.2. The van der Waals surface area contributed by atoms with E-state index >= 15 is 17.6 Å². The monoisotopic (exact) mass is 1340 g/mol. The number of carbonyl (C=O) groups is 4. The van der Waals surface area contributed by atoms with Gasteiger partial charge in [0, 0.05) is 69.3 Å². The molecule has 0 spiro atoms. The molecular weight excluding hydrogens is 1300 g/mol. The molecule has 446 valence electrons. The van der Waals surface area contributed by atoms with Gasteiger partial charge < -0.3 is 0 Å². The number of ketones is 2. The van der Waals surface area contributed by atoms with E-state index in [2.05, 4.69) is 9.97 Å². The Morgan fingerprint density at radius 3 is 1.32 bits per heavy atom. The fourth-order valence-electron chi connectivity index (χ4n) is 9.47. The molecule has 0 radical (unpaired) electrons. The summed E-state index contributed by atoms with van der Waals surface area (Å²) in [5.41, 5.74) is -1.09. The molecule has 0 fully saturated rings. The number of halogens is 10. The van der Waals surface area contributed by atoms with Crippen molar-refractivity contribution in [1.82, 2.24) is 19.1 Å². The summed E-state index contributed by atoms with van der Waals surface area (Å²) in [6.07, 6.45) is 5.73. The summed E-state index contributed by atoms with van der Waals surface area (Å²) in [6.45, 7) is 3.30. The van der Waals surface area contributed by atoms with Gasteiger partial charge in [0.15, 0.2) is 15.7 Å². The van der Waals surface area contributed by atoms with E-state index in [0.717, 1.165) is 52.8 Å². The van der Waals surface area contributed by atoms with Crippen LogP contribution in [0.1, 0.15) is 84.8 Å². The van der Waals surface area contributed by atoms with E-state index in [0.29, 0.717) is 43.0 Å². The molecule has 0 N–H and O–H groups in total. The minimum Gasteiger partial charge on any atom is -0.288 e. The molecule has 13 nitrogen and oxygen atoms in total. The summed E-state index contributed by atoms with van der Waals surface area (Å²) in [4.78, 5) is 64.1. The SMILES string of the molecule is CCCS(=O)(=O)Cc1ccc(F)c(C(=O)c2cn(C(=O)c3c(Cl)cccc3Cl)c3ncc(-c4ccc(Cl)cc4)cc23)c1F.CCCS(=O)(=O)N(C)c1ccc(F)c(C(=O)c2cn(C(=O)c3c(Cl)cccc3Cl)c3ncc(-c4ccc(Cl)cc4)cc23)c1F. The molecule has 0 bridgehead atoms. The summed E-state index contributed by atoms with van der Waals surface area (Å²) < 4.78 is 115. The maximum absolute atomic E-state index is 15.9. The third-order valence-corrected chi connectivity index (χ3v) is 19.2. The average molecular weight is 1340 g/mol. The lowest BCUT2D eigenvalue weighted by atomic mass is 9.99.